The Hall–Kier alpha value is 0.537. The molecule has 0 fully saturated rings. The van der Waals surface area contributed by atoms with Crippen molar-refractivity contribution in [2.75, 3.05) is 0 Å². The minimum Gasteiger partial charge on any atom is -0.146 e. The molecule has 0 aromatic rings. The molecule has 0 aromatic carbocycles. The van der Waals surface area contributed by atoms with Crippen molar-refractivity contribution >= 4 is 28.9 Å². The first-order chi connectivity index (χ1) is 4.48. The van der Waals surface area contributed by atoms with E-state index in [4.69, 9.17) is 22.2 Å². The van der Waals surface area contributed by atoms with Crippen molar-refractivity contribution in [3.05, 3.63) is 12.7 Å². The highest BCUT2D eigenvalue weighted by molar-refractivity contribution is 7.45. The zero-order valence-electron chi connectivity index (χ0n) is 6.53. The van der Waals surface area contributed by atoms with E-state index in [9.17, 15) is 0 Å². The Bertz CT molecular complexity index is 107. The molecule has 0 N–H and O–H groups in total. The fourth-order valence-corrected chi connectivity index (χ4v) is 1.95. The zero-order valence-corrected chi connectivity index (χ0v) is 9.04. The molecule has 0 amide bonds. The molecule has 0 heterocycles. The Balaban J connectivity index is 3.61. The minimum absolute atomic E-state index is 0.467. The van der Waals surface area contributed by atoms with Crippen LogP contribution in [0.2, 0.25) is 12.1 Å². The second-order valence-corrected chi connectivity index (χ2v) is 10.9. The van der Waals surface area contributed by atoms with Crippen LogP contribution < -0.4 is 0 Å². The summed E-state index contributed by atoms with van der Waals surface area (Å²) >= 11 is 12.0. The molecule has 0 aromatic heterocycles. The Morgan fingerprint density at radius 3 is 2.40 bits per heavy atom. The molecule has 0 rings (SSSR count). The number of halogens is 2. The predicted octanol–water partition coefficient (Wildman–Crippen LogP) is 3.89. The van der Waals surface area contributed by atoms with Gasteiger partial charge in [-0.3, -0.25) is 0 Å². The van der Waals surface area contributed by atoms with Gasteiger partial charge in [0, 0.05) is 0 Å². The summed E-state index contributed by atoms with van der Waals surface area (Å²) in [5, 5.41) is 0. The number of allylic oxidation sites excluding steroid dienone is 1. The third-order valence-corrected chi connectivity index (χ3v) is 5.92. The standard InChI is InChI=1S/C7H14Cl2Si/c1-4-5-6-7(2)10(3,8)9/h4,7H,1,5-6H2,2-3H3. The second-order valence-electron chi connectivity index (χ2n) is 2.72. The highest BCUT2D eigenvalue weighted by atomic mass is 35.7. The van der Waals surface area contributed by atoms with E-state index in [1.165, 1.54) is 0 Å². The van der Waals surface area contributed by atoms with Crippen LogP contribution in [-0.2, 0) is 0 Å². The molecular formula is C7H14Cl2Si. The Morgan fingerprint density at radius 1 is 1.60 bits per heavy atom. The molecule has 3 heteroatoms. The lowest BCUT2D eigenvalue weighted by molar-refractivity contribution is 0.798. The van der Waals surface area contributed by atoms with Crippen molar-refractivity contribution in [3.63, 3.8) is 0 Å². The molecule has 0 nitrogen and oxygen atoms in total. The van der Waals surface area contributed by atoms with Crippen molar-refractivity contribution in [1.29, 1.82) is 0 Å². The lowest BCUT2D eigenvalue weighted by Crippen LogP contribution is -2.19. The summed E-state index contributed by atoms with van der Waals surface area (Å²) < 4.78 is 0. The molecule has 0 spiro atoms. The summed E-state index contributed by atoms with van der Waals surface area (Å²) in [4.78, 5) is 0. The van der Waals surface area contributed by atoms with Crippen LogP contribution in [0.25, 0.3) is 0 Å². The van der Waals surface area contributed by atoms with Gasteiger partial charge in [0.1, 0.15) is 0 Å². The number of rotatable bonds is 4. The molecule has 0 aliphatic carbocycles. The second kappa shape index (κ2) is 4.42. The van der Waals surface area contributed by atoms with Crippen molar-refractivity contribution in [1.82, 2.24) is 0 Å². The topological polar surface area (TPSA) is 0 Å². The van der Waals surface area contributed by atoms with Crippen LogP contribution in [0, 0.1) is 0 Å². The van der Waals surface area contributed by atoms with Gasteiger partial charge in [0.15, 0.2) is 0 Å². The number of hydrogen-bond donors (Lipinski definition) is 0. The SMILES string of the molecule is C=CCCC(C)[Si](C)(Cl)Cl. The van der Waals surface area contributed by atoms with E-state index < -0.39 is 6.69 Å². The smallest absolute Gasteiger partial charge is 0.146 e. The third-order valence-electron chi connectivity index (χ3n) is 1.67. The number of hydrogen-bond acceptors (Lipinski definition) is 0. The molecule has 0 radical (unpaired) electrons. The van der Waals surface area contributed by atoms with Crippen molar-refractivity contribution in [2.24, 2.45) is 0 Å². The predicted molar refractivity (Wildman–Crippen MR) is 52.2 cm³/mol. The Kier molecular flexibility index (Phi) is 4.66. The summed E-state index contributed by atoms with van der Waals surface area (Å²) in [5.74, 6) is 0. The summed E-state index contributed by atoms with van der Waals surface area (Å²) in [7, 11) is 0. The van der Waals surface area contributed by atoms with Crippen LogP contribution in [-0.4, -0.2) is 6.69 Å². The first-order valence-corrected chi connectivity index (χ1v) is 8.07. The maximum Gasteiger partial charge on any atom is 0.251 e. The van der Waals surface area contributed by atoms with Gasteiger partial charge < -0.3 is 0 Å². The first-order valence-electron chi connectivity index (χ1n) is 3.47. The van der Waals surface area contributed by atoms with Gasteiger partial charge in [-0.1, -0.05) is 13.0 Å². The van der Waals surface area contributed by atoms with Gasteiger partial charge in [-0.05, 0) is 24.9 Å². The molecule has 1 atom stereocenters. The van der Waals surface area contributed by atoms with Crippen LogP contribution in [0.5, 0.6) is 0 Å². The summed E-state index contributed by atoms with van der Waals surface area (Å²) in [6, 6.07) is 0. The van der Waals surface area contributed by atoms with Crippen LogP contribution in [0.4, 0.5) is 0 Å². The minimum atomic E-state index is -1.90. The largest absolute Gasteiger partial charge is 0.251 e. The highest BCUT2D eigenvalue weighted by Gasteiger charge is 2.28. The van der Waals surface area contributed by atoms with Gasteiger partial charge in [-0.15, -0.1) is 28.7 Å². The quantitative estimate of drug-likeness (QED) is 0.364. The Morgan fingerprint density at radius 2 is 2.10 bits per heavy atom. The zero-order chi connectivity index (χ0) is 8.20. The summed E-state index contributed by atoms with van der Waals surface area (Å²) in [6.07, 6.45) is 3.99. The summed E-state index contributed by atoms with van der Waals surface area (Å²) in [6.45, 7) is 5.81. The van der Waals surface area contributed by atoms with Gasteiger partial charge in [-0.2, -0.15) is 0 Å². The molecule has 0 saturated carbocycles. The molecule has 60 valence electrons. The fraction of sp³-hybridized carbons (Fsp3) is 0.714. The van der Waals surface area contributed by atoms with Crippen LogP contribution >= 0.6 is 22.2 Å². The molecule has 0 saturated heterocycles. The van der Waals surface area contributed by atoms with Gasteiger partial charge in [0.25, 0.3) is 6.69 Å². The summed E-state index contributed by atoms with van der Waals surface area (Å²) in [5.41, 5.74) is 0.467. The van der Waals surface area contributed by atoms with Gasteiger partial charge in [0.2, 0.25) is 0 Å². The maximum atomic E-state index is 5.99. The molecule has 0 aliphatic heterocycles. The molecule has 1 unspecified atom stereocenters. The average molecular weight is 197 g/mol. The van der Waals surface area contributed by atoms with Gasteiger partial charge >= 0.3 is 0 Å². The van der Waals surface area contributed by atoms with E-state index in [-0.39, 0.29) is 0 Å². The molecule has 10 heavy (non-hydrogen) atoms. The lowest BCUT2D eigenvalue weighted by Gasteiger charge is -2.18. The van der Waals surface area contributed by atoms with E-state index >= 15 is 0 Å². The molecule has 0 aliphatic rings. The van der Waals surface area contributed by atoms with E-state index in [1.54, 1.807) is 0 Å². The van der Waals surface area contributed by atoms with Crippen LogP contribution in [0.1, 0.15) is 19.8 Å². The van der Waals surface area contributed by atoms with E-state index in [2.05, 4.69) is 13.5 Å². The molecule has 0 bridgehead atoms. The van der Waals surface area contributed by atoms with Crippen molar-refractivity contribution < 1.29 is 0 Å². The van der Waals surface area contributed by atoms with E-state index in [0.717, 1.165) is 12.8 Å². The van der Waals surface area contributed by atoms with Crippen LogP contribution in [0.3, 0.4) is 0 Å². The van der Waals surface area contributed by atoms with Gasteiger partial charge in [0.05, 0.1) is 0 Å². The lowest BCUT2D eigenvalue weighted by atomic mass is 10.2. The third kappa shape index (κ3) is 4.37. The van der Waals surface area contributed by atoms with Crippen molar-refractivity contribution in [2.45, 2.75) is 31.9 Å². The van der Waals surface area contributed by atoms with Crippen molar-refractivity contribution in [3.8, 4) is 0 Å². The monoisotopic (exact) mass is 196 g/mol. The molecular weight excluding hydrogens is 183 g/mol. The average Bonchev–Trinajstić information content (AvgIpc) is 1.80. The van der Waals surface area contributed by atoms with Crippen LogP contribution in [0.15, 0.2) is 12.7 Å². The normalized spacial score (nSPS) is 14.8. The first kappa shape index (κ1) is 10.5. The highest BCUT2D eigenvalue weighted by Crippen LogP contribution is 2.32. The maximum absolute atomic E-state index is 5.99. The van der Waals surface area contributed by atoms with Gasteiger partial charge in [-0.25, -0.2) is 0 Å². The fourth-order valence-electron chi connectivity index (χ4n) is 0.621. The van der Waals surface area contributed by atoms with E-state index in [1.807, 2.05) is 12.6 Å². The van der Waals surface area contributed by atoms with E-state index in [0.29, 0.717) is 5.54 Å². The Labute approximate surface area is 73.6 Å².